The van der Waals surface area contributed by atoms with E-state index in [9.17, 15) is 0 Å². The molecule has 0 aliphatic heterocycles. The zero-order chi connectivity index (χ0) is 19.0. The van der Waals surface area contributed by atoms with E-state index in [2.05, 4.69) is 59.5 Å². The molecule has 0 heterocycles. The molecule has 0 bridgehead atoms. The minimum Gasteiger partial charge on any atom is -0.388 e. The second-order valence-corrected chi connectivity index (χ2v) is 7.61. The molecule has 4 aromatic rings. The van der Waals surface area contributed by atoms with Crippen molar-refractivity contribution in [2.75, 3.05) is 12.4 Å². The van der Waals surface area contributed by atoms with E-state index in [1.165, 1.54) is 0 Å². The van der Waals surface area contributed by atoms with Gasteiger partial charge < -0.3 is 5.32 Å². The Morgan fingerprint density at radius 2 is 1.52 bits per heavy atom. The fourth-order valence-corrected chi connectivity index (χ4v) is 3.93. The Morgan fingerprint density at radius 3 is 2.33 bits per heavy atom. The summed E-state index contributed by atoms with van der Waals surface area (Å²) in [6, 6.07) is 20.0. The Hall–Kier alpha value is -2.15. The van der Waals surface area contributed by atoms with Gasteiger partial charge in [-0.05, 0) is 46.5 Å². The van der Waals surface area contributed by atoms with Crippen LogP contribution in [-0.2, 0) is 0 Å². The molecule has 27 heavy (non-hydrogen) atoms. The first-order valence-electron chi connectivity index (χ1n) is 8.37. The fraction of sp³-hybridized carbons (Fsp3) is 0.0476. The van der Waals surface area contributed by atoms with Gasteiger partial charge in [-0.1, -0.05) is 30.3 Å². The molecule has 0 aliphatic rings. The highest BCUT2D eigenvalue weighted by Gasteiger charge is 2.08. The van der Waals surface area contributed by atoms with Crippen LogP contribution in [0.5, 0.6) is 0 Å². The quantitative estimate of drug-likeness (QED) is 0.208. The summed E-state index contributed by atoms with van der Waals surface area (Å²) in [7, 11) is 1.89. The summed E-state index contributed by atoms with van der Waals surface area (Å²) in [5, 5.41) is 16.4. The van der Waals surface area contributed by atoms with Crippen molar-refractivity contribution < 1.29 is 0 Å². The third-order valence-electron chi connectivity index (χ3n) is 4.45. The van der Waals surface area contributed by atoms with Crippen LogP contribution >= 0.6 is 37.9 Å². The van der Waals surface area contributed by atoms with Gasteiger partial charge in [-0.15, -0.1) is 48.1 Å². The minimum absolute atomic E-state index is 0.704. The van der Waals surface area contributed by atoms with Gasteiger partial charge in [0.15, 0.2) is 0 Å². The van der Waals surface area contributed by atoms with Gasteiger partial charge in [-0.25, -0.2) is 0 Å². The second-order valence-electron chi connectivity index (χ2n) is 6.16. The number of hydrogen-bond donors (Lipinski definition) is 4. The Balaban J connectivity index is 1.80. The topological polar surface area (TPSA) is 36.8 Å². The number of thiol groups is 3. The van der Waals surface area contributed by atoms with Crippen LogP contribution in [0.25, 0.3) is 21.5 Å². The maximum atomic E-state index is 4.65. The Morgan fingerprint density at radius 1 is 0.741 bits per heavy atom. The van der Waals surface area contributed by atoms with Crippen molar-refractivity contribution in [1.29, 1.82) is 0 Å². The number of rotatable bonds is 3. The predicted molar refractivity (Wildman–Crippen MR) is 123 cm³/mol. The van der Waals surface area contributed by atoms with Gasteiger partial charge in [-0.2, -0.15) is 0 Å². The lowest BCUT2D eigenvalue weighted by Crippen LogP contribution is -1.90. The summed E-state index contributed by atoms with van der Waals surface area (Å²) in [6.07, 6.45) is 0. The number of benzene rings is 4. The number of fused-ring (bicyclic) bond motifs is 2. The Labute approximate surface area is 174 Å². The average Bonchev–Trinajstić information content (AvgIpc) is 2.67. The van der Waals surface area contributed by atoms with Crippen LogP contribution in [0.15, 0.2) is 85.6 Å². The maximum absolute atomic E-state index is 4.65. The highest BCUT2D eigenvalue weighted by atomic mass is 32.1. The van der Waals surface area contributed by atoms with Crippen LogP contribution in [0, 0.1) is 0 Å². The molecule has 0 spiro atoms. The number of anilines is 1. The van der Waals surface area contributed by atoms with Crippen molar-refractivity contribution in [1.82, 2.24) is 0 Å². The summed E-state index contributed by atoms with van der Waals surface area (Å²) >= 11 is 13.7. The summed E-state index contributed by atoms with van der Waals surface area (Å²) in [6.45, 7) is 0. The van der Waals surface area contributed by atoms with E-state index >= 15 is 0 Å². The Bertz CT molecular complexity index is 1200. The summed E-state index contributed by atoms with van der Waals surface area (Å²) in [5.41, 5.74) is 2.42. The molecule has 0 aliphatic carbocycles. The molecule has 0 saturated heterocycles. The standard InChI is InChI=1S/C21H17N3S3/c1-22-18-10-14(25)8-13-9-20(26)19(11-16(13)18)24-23-17-7-6-12-4-2-3-5-15(12)21(17)27/h2-11,22,25-27H,1H3. The molecule has 0 unspecified atom stereocenters. The van der Waals surface area contributed by atoms with E-state index in [0.29, 0.717) is 5.69 Å². The summed E-state index contributed by atoms with van der Waals surface area (Å²) in [5.74, 6) is 0. The van der Waals surface area contributed by atoms with Crippen LogP contribution in [0.4, 0.5) is 17.1 Å². The fourth-order valence-electron chi connectivity index (χ4n) is 3.09. The highest BCUT2D eigenvalue weighted by Crippen LogP contribution is 2.37. The first-order chi connectivity index (χ1) is 13.1. The third kappa shape index (κ3) is 3.52. The van der Waals surface area contributed by atoms with Crippen molar-refractivity contribution in [2.24, 2.45) is 10.2 Å². The monoisotopic (exact) mass is 407 g/mol. The average molecular weight is 408 g/mol. The number of azo groups is 1. The lowest BCUT2D eigenvalue weighted by molar-refractivity contribution is 1.18. The van der Waals surface area contributed by atoms with Gasteiger partial charge in [-0.3, -0.25) is 0 Å². The van der Waals surface area contributed by atoms with Gasteiger partial charge in [0, 0.05) is 32.8 Å². The van der Waals surface area contributed by atoms with Gasteiger partial charge >= 0.3 is 0 Å². The molecule has 0 amide bonds. The largest absolute Gasteiger partial charge is 0.388 e. The SMILES string of the molecule is CNc1cc(S)cc2cc(S)c(N=Nc3ccc4ccccc4c3S)cc12. The van der Waals surface area contributed by atoms with Gasteiger partial charge in [0.2, 0.25) is 0 Å². The first-order valence-corrected chi connectivity index (χ1v) is 9.71. The molecule has 1 N–H and O–H groups in total. The second kappa shape index (κ2) is 7.46. The van der Waals surface area contributed by atoms with E-state index in [-0.39, 0.29) is 0 Å². The number of hydrogen-bond acceptors (Lipinski definition) is 6. The summed E-state index contributed by atoms with van der Waals surface area (Å²) in [4.78, 5) is 2.47. The summed E-state index contributed by atoms with van der Waals surface area (Å²) < 4.78 is 0. The molecule has 0 radical (unpaired) electrons. The molecule has 4 rings (SSSR count). The lowest BCUT2D eigenvalue weighted by Gasteiger charge is -2.10. The molecular weight excluding hydrogens is 390 g/mol. The van der Waals surface area contributed by atoms with Crippen molar-refractivity contribution in [2.45, 2.75) is 14.7 Å². The van der Waals surface area contributed by atoms with Crippen molar-refractivity contribution >= 4 is 76.5 Å². The lowest BCUT2D eigenvalue weighted by atomic mass is 10.1. The Kier molecular flexibility index (Phi) is 5.04. The van der Waals surface area contributed by atoms with E-state index in [0.717, 1.165) is 47.6 Å². The highest BCUT2D eigenvalue weighted by molar-refractivity contribution is 7.81. The normalized spacial score (nSPS) is 11.6. The van der Waals surface area contributed by atoms with Crippen LogP contribution < -0.4 is 5.32 Å². The molecular formula is C21H17N3S3. The maximum Gasteiger partial charge on any atom is 0.0997 e. The minimum atomic E-state index is 0.704. The number of nitrogens with zero attached hydrogens (tertiary/aromatic N) is 2. The molecule has 134 valence electrons. The molecule has 0 aromatic heterocycles. The molecule has 3 nitrogen and oxygen atoms in total. The van der Waals surface area contributed by atoms with E-state index < -0.39 is 0 Å². The zero-order valence-corrected chi connectivity index (χ0v) is 17.2. The third-order valence-corrected chi connectivity index (χ3v) is 5.53. The first kappa shape index (κ1) is 18.2. The molecule has 6 heteroatoms. The van der Waals surface area contributed by atoms with E-state index in [1.807, 2.05) is 61.6 Å². The number of nitrogens with one attached hydrogen (secondary N) is 1. The smallest absolute Gasteiger partial charge is 0.0997 e. The molecule has 0 saturated carbocycles. The van der Waals surface area contributed by atoms with Crippen molar-refractivity contribution in [3.63, 3.8) is 0 Å². The van der Waals surface area contributed by atoms with Gasteiger partial charge in [0.1, 0.15) is 0 Å². The van der Waals surface area contributed by atoms with Gasteiger partial charge in [0.25, 0.3) is 0 Å². The molecule has 4 aromatic carbocycles. The zero-order valence-electron chi connectivity index (χ0n) is 14.5. The predicted octanol–water partition coefficient (Wildman–Crippen LogP) is 7.32. The van der Waals surface area contributed by atoms with E-state index in [1.54, 1.807) is 0 Å². The van der Waals surface area contributed by atoms with Crippen LogP contribution in [0.1, 0.15) is 0 Å². The van der Waals surface area contributed by atoms with E-state index in [4.69, 9.17) is 0 Å². The van der Waals surface area contributed by atoms with Crippen molar-refractivity contribution in [3.8, 4) is 0 Å². The molecule has 0 fully saturated rings. The molecule has 0 atom stereocenters. The van der Waals surface area contributed by atoms with Crippen LogP contribution in [0.2, 0.25) is 0 Å². The van der Waals surface area contributed by atoms with Gasteiger partial charge in [0.05, 0.1) is 11.4 Å². The van der Waals surface area contributed by atoms with Crippen LogP contribution in [0.3, 0.4) is 0 Å². The van der Waals surface area contributed by atoms with Crippen LogP contribution in [-0.4, -0.2) is 7.05 Å². The van der Waals surface area contributed by atoms with Crippen molar-refractivity contribution in [3.05, 3.63) is 60.7 Å².